The van der Waals surface area contributed by atoms with Gasteiger partial charge in [-0.05, 0) is 42.3 Å². The molecule has 0 radical (unpaired) electrons. The Hall–Kier alpha value is -3.04. The van der Waals surface area contributed by atoms with Gasteiger partial charge in [-0.15, -0.1) is 0 Å². The molecule has 0 aliphatic carbocycles. The monoisotopic (exact) mass is 437 g/mol. The molecule has 2 aromatic heterocycles. The van der Waals surface area contributed by atoms with Gasteiger partial charge in [-0.3, -0.25) is 10.1 Å². The van der Waals surface area contributed by atoms with Crippen molar-refractivity contribution in [3.8, 4) is 11.1 Å². The van der Waals surface area contributed by atoms with Gasteiger partial charge in [0, 0.05) is 74.3 Å². The molecular formula is C22H27N7OS. The zero-order valence-corrected chi connectivity index (χ0v) is 18.8. The topological polar surface area (TPSA) is 104 Å². The number of nitrogens with zero attached hydrogens (tertiary/aromatic N) is 5. The van der Waals surface area contributed by atoms with Crippen LogP contribution in [-0.4, -0.2) is 61.4 Å². The summed E-state index contributed by atoms with van der Waals surface area (Å²) in [7, 11) is 0.933. The minimum atomic E-state index is -0.949. The summed E-state index contributed by atoms with van der Waals surface area (Å²) in [5.41, 5.74) is 11.7. The molecule has 162 valence electrons. The second kappa shape index (κ2) is 8.60. The molecule has 9 heteroatoms. The molecular weight excluding hydrogens is 410 g/mol. The first-order valence-electron chi connectivity index (χ1n) is 10.1. The van der Waals surface area contributed by atoms with Gasteiger partial charge in [-0.1, -0.05) is 0 Å². The number of anilines is 2. The SMILES string of the molecule is Cc1cc(-c2cnn(C)c2)cc(C(=N)c2ccnc(N3CCN(S(C)=O)CC3)c2)c1N. The first-order chi connectivity index (χ1) is 14.8. The van der Waals surface area contributed by atoms with Gasteiger partial charge in [-0.2, -0.15) is 5.10 Å². The van der Waals surface area contributed by atoms with Crippen LogP contribution in [0.25, 0.3) is 11.1 Å². The summed E-state index contributed by atoms with van der Waals surface area (Å²) in [4.78, 5) is 6.68. The molecule has 1 aliphatic rings. The first kappa shape index (κ1) is 21.2. The highest BCUT2D eigenvalue weighted by Gasteiger charge is 2.21. The van der Waals surface area contributed by atoms with Gasteiger partial charge in [-0.25, -0.2) is 13.5 Å². The fourth-order valence-corrected chi connectivity index (χ4v) is 4.50. The zero-order chi connectivity index (χ0) is 22.1. The predicted octanol–water partition coefficient (Wildman–Crippen LogP) is 2.20. The van der Waals surface area contributed by atoms with Crippen LogP contribution in [0.5, 0.6) is 0 Å². The molecule has 0 bridgehead atoms. The Kier molecular flexibility index (Phi) is 5.88. The zero-order valence-electron chi connectivity index (χ0n) is 18.0. The van der Waals surface area contributed by atoms with Crippen LogP contribution in [0.1, 0.15) is 16.7 Å². The highest BCUT2D eigenvalue weighted by atomic mass is 32.2. The molecule has 1 atom stereocenters. The number of nitrogens with one attached hydrogen (secondary N) is 1. The van der Waals surface area contributed by atoms with E-state index in [4.69, 9.17) is 11.1 Å². The normalized spacial score (nSPS) is 15.8. The Morgan fingerprint density at radius 3 is 2.55 bits per heavy atom. The lowest BCUT2D eigenvalue weighted by atomic mass is 9.94. The van der Waals surface area contributed by atoms with Gasteiger partial charge in [0.05, 0.1) is 22.9 Å². The molecule has 0 spiro atoms. The summed E-state index contributed by atoms with van der Waals surface area (Å²) in [6.07, 6.45) is 7.21. The molecule has 1 aliphatic heterocycles. The quantitative estimate of drug-likeness (QED) is 0.470. The van der Waals surface area contributed by atoms with Gasteiger partial charge >= 0.3 is 0 Å². The summed E-state index contributed by atoms with van der Waals surface area (Å²) < 4.78 is 15.4. The van der Waals surface area contributed by atoms with E-state index in [2.05, 4.69) is 15.0 Å². The Labute approximate surface area is 184 Å². The lowest BCUT2D eigenvalue weighted by Crippen LogP contribution is -2.47. The van der Waals surface area contributed by atoms with Gasteiger partial charge in [0.25, 0.3) is 0 Å². The van der Waals surface area contributed by atoms with Crippen LogP contribution in [0.2, 0.25) is 0 Å². The average Bonchev–Trinajstić information content (AvgIpc) is 3.21. The van der Waals surface area contributed by atoms with Gasteiger partial charge in [0.1, 0.15) is 5.82 Å². The minimum Gasteiger partial charge on any atom is -0.398 e. The number of nitrogen functional groups attached to an aromatic ring is 1. The molecule has 3 aromatic rings. The van der Waals surface area contributed by atoms with Crippen LogP contribution >= 0.6 is 0 Å². The molecule has 31 heavy (non-hydrogen) atoms. The summed E-state index contributed by atoms with van der Waals surface area (Å²) in [6.45, 7) is 4.92. The number of piperazine rings is 1. The van der Waals surface area contributed by atoms with E-state index in [9.17, 15) is 4.21 Å². The smallest absolute Gasteiger partial charge is 0.129 e. The Balaban J connectivity index is 1.62. The van der Waals surface area contributed by atoms with Crippen LogP contribution in [0.3, 0.4) is 0 Å². The maximum atomic E-state index is 11.7. The summed E-state index contributed by atoms with van der Waals surface area (Å²) in [6, 6.07) is 7.76. The number of nitrogens with two attached hydrogens (primary N) is 1. The van der Waals surface area contributed by atoms with E-state index >= 15 is 0 Å². The second-order valence-electron chi connectivity index (χ2n) is 7.77. The third-order valence-electron chi connectivity index (χ3n) is 5.65. The average molecular weight is 438 g/mol. The van der Waals surface area contributed by atoms with Gasteiger partial charge in [0.2, 0.25) is 0 Å². The van der Waals surface area contributed by atoms with Crippen molar-refractivity contribution < 1.29 is 4.21 Å². The van der Waals surface area contributed by atoms with E-state index in [-0.39, 0.29) is 0 Å². The molecule has 0 saturated carbocycles. The van der Waals surface area contributed by atoms with Crippen molar-refractivity contribution in [3.63, 3.8) is 0 Å². The van der Waals surface area contributed by atoms with Crippen molar-refractivity contribution in [1.82, 2.24) is 19.1 Å². The highest BCUT2D eigenvalue weighted by Crippen LogP contribution is 2.29. The maximum absolute atomic E-state index is 11.7. The van der Waals surface area contributed by atoms with Crippen molar-refractivity contribution in [1.29, 1.82) is 5.41 Å². The fourth-order valence-electron chi connectivity index (χ4n) is 3.82. The van der Waals surface area contributed by atoms with E-state index in [1.807, 2.05) is 54.9 Å². The molecule has 8 nitrogen and oxygen atoms in total. The van der Waals surface area contributed by atoms with E-state index in [1.54, 1.807) is 17.1 Å². The fraction of sp³-hybridized carbons (Fsp3) is 0.318. The molecule has 4 rings (SSSR count). The third kappa shape index (κ3) is 4.38. The van der Waals surface area contributed by atoms with E-state index in [1.165, 1.54) is 0 Å². The summed E-state index contributed by atoms with van der Waals surface area (Å²) in [5, 5.41) is 13.1. The molecule has 1 unspecified atom stereocenters. The Morgan fingerprint density at radius 2 is 1.90 bits per heavy atom. The number of aryl methyl sites for hydroxylation is 2. The number of benzene rings is 1. The predicted molar refractivity (Wildman–Crippen MR) is 126 cm³/mol. The second-order valence-corrected chi connectivity index (χ2v) is 9.14. The lowest BCUT2D eigenvalue weighted by molar-refractivity contribution is 0.411. The molecule has 1 saturated heterocycles. The summed E-state index contributed by atoms with van der Waals surface area (Å²) in [5.74, 6) is 0.822. The number of hydrogen-bond acceptors (Lipinski definition) is 6. The molecule has 1 fully saturated rings. The summed E-state index contributed by atoms with van der Waals surface area (Å²) >= 11 is 0. The lowest BCUT2D eigenvalue weighted by Gasteiger charge is -2.33. The van der Waals surface area contributed by atoms with Crippen molar-refractivity contribution in [2.75, 3.05) is 43.1 Å². The molecule has 1 aromatic carbocycles. The molecule has 3 heterocycles. The van der Waals surface area contributed by atoms with Crippen molar-refractivity contribution >= 4 is 28.2 Å². The van der Waals surface area contributed by atoms with Crippen LogP contribution in [0.4, 0.5) is 11.5 Å². The van der Waals surface area contributed by atoms with Crippen molar-refractivity contribution in [3.05, 3.63) is 59.5 Å². The van der Waals surface area contributed by atoms with Crippen LogP contribution in [0.15, 0.2) is 42.9 Å². The van der Waals surface area contributed by atoms with E-state index in [0.29, 0.717) is 17.0 Å². The van der Waals surface area contributed by atoms with Crippen LogP contribution < -0.4 is 10.6 Å². The van der Waals surface area contributed by atoms with E-state index < -0.39 is 11.0 Å². The van der Waals surface area contributed by atoms with E-state index in [0.717, 1.165) is 54.3 Å². The maximum Gasteiger partial charge on any atom is 0.129 e. The van der Waals surface area contributed by atoms with Crippen molar-refractivity contribution in [2.24, 2.45) is 7.05 Å². The number of aromatic nitrogens is 3. The van der Waals surface area contributed by atoms with Crippen LogP contribution in [-0.2, 0) is 18.0 Å². The minimum absolute atomic E-state index is 0.364. The Morgan fingerprint density at radius 1 is 1.16 bits per heavy atom. The van der Waals surface area contributed by atoms with Gasteiger partial charge < -0.3 is 10.6 Å². The van der Waals surface area contributed by atoms with Gasteiger partial charge in [0.15, 0.2) is 0 Å². The highest BCUT2D eigenvalue weighted by molar-refractivity contribution is 7.81. The largest absolute Gasteiger partial charge is 0.398 e. The number of pyridine rings is 1. The molecule has 3 N–H and O–H groups in total. The Bertz CT molecular complexity index is 1150. The molecule has 0 amide bonds. The van der Waals surface area contributed by atoms with Crippen molar-refractivity contribution in [2.45, 2.75) is 6.92 Å². The van der Waals surface area contributed by atoms with Crippen LogP contribution in [0, 0.1) is 12.3 Å². The number of rotatable bonds is 5. The third-order valence-corrected chi connectivity index (χ3v) is 6.75. The first-order valence-corrected chi connectivity index (χ1v) is 11.6. The number of hydrogen-bond donors (Lipinski definition) is 2. The standard InChI is InChI=1S/C22H27N7OS/c1-15-10-17(18-13-26-27(2)14-18)11-19(21(15)23)22(24)16-4-5-25-20(12-16)28-6-8-29(9-7-28)31(3)30/h4-5,10-14,24H,6-9,23H2,1-3H3.